The van der Waals surface area contributed by atoms with E-state index in [0.717, 1.165) is 0 Å². The van der Waals surface area contributed by atoms with E-state index in [1.54, 1.807) is 26.0 Å². The summed E-state index contributed by atoms with van der Waals surface area (Å²) in [5, 5.41) is 22.4. The molecule has 1 aromatic carbocycles. The summed E-state index contributed by atoms with van der Waals surface area (Å²) in [4.78, 5) is 33.3. The minimum atomic E-state index is -4.91. The average Bonchev–Trinajstić information content (AvgIpc) is 2.77. The van der Waals surface area contributed by atoms with Crippen LogP contribution < -0.4 is 4.90 Å². The van der Waals surface area contributed by atoms with Gasteiger partial charge in [0.1, 0.15) is 0 Å². The third-order valence-corrected chi connectivity index (χ3v) is 4.66. The molecule has 35 heavy (non-hydrogen) atoms. The monoisotopic (exact) mass is 542 g/mol. The molecule has 1 aromatic rings. The van der Waals surface area contributed by atoms with Crippen molar-refractivity contribution in [2.75, 3.05) is 31.1 Å². The van der Waals surface area contributed by atoms with E-state index >= 15 is 0 Å². The maximum atomic E-state index is 12.8. The van der Waals surface area contributed by atoms with E-state index in [-0.39, 0.29) is 24.7 Å². The predicted octanol–water partition coefficient (Wildman–Crippen LogP) is 6.14. The first-order chi connectivity index (χ1) is 16.3. The van der Waals surface area contributed by atoms with Crippen molar-refractivity contribution < 1.29 is 27.8 Å². The van der Waals surface area contributed by atoms with Crippen molar-refractivity contribution in [2.45, 2.75) is 37.7 Å². The van der Waals surface area contributed by atoms with Crippen LogP contribution in [0, 0.1) is 20.2 Å². The highest BCUT2D eigenvalue weighted by atomic mass is 35.5. The zero-order valence-corrected chi connectivity index (χ0v) is 20.8. The van der Waals surface area contributed by atoms with Crippen LogP contribution in [-0.2, 0) is 11.0 Å². The molecule has 0 aliphatic carbocycles. The van der Waals surface area contributed by atoms with Crippen LogP contribution in [0.2, 0.25) is 0 Å². The van der Waals surface area contributed by atoms with E-state index in [2.05, 4.69) is 13.2 Å². The van der Waals surface area contributed by atoms with Crippen LogP contribution in [0.15, 0.2) is 37.4 Å². The van der Waals surface area contributed by atoms with Gasteiger partial charge in [-0.05, 0) is 12.8 Å². The van der Waals surface area contributed by atoms with Crippen LogP contribution in [0.4, 0.5) is 30.2 Å². The summed E-state index contributed by atoms with van der Waals surface area (Å²) in [6.07, 6.45) is -0.617. The van der Waals surface area contributed by atoms with Crippen LogP contribution in [0.25, 0.3) is 0 Å². The van der Waals surface area contributed by atoms with Gasteiger partial charge < -0.3 is 9.80 Å². The number of halogens is 5. The van der Waals surface area contributed by atoms with Gasteiger partial charge in [0.2, 0.25) is 0 Å². The number of nitrogens with zero attached hydrogens (tertiary/aromatic N) is 4. The van der Waals surface area contributed by atoms with Crippen LogP contribution in [0.3, 0.4) is 0 Å². The zero-order chi connectivity index (χ0) is 27.3. The molecule has 0 saturated carbocycles. The van der Waals surface area contributed by atoms with E-state index < -0.39 is 37.8 Å². The number of carbonyl (C=O) groups is 1. The first kappa shape index (κ1) is 32.1. The molecule has 0 heterocycles. The summed E-state index contributed by atoms with van der Waals surface area (Å²) in [5.41, 5.74) is -3.61. The summed E-state index contributed by atoms with van der Waals surface area (Å²) in [5.74, 6) is -0.321. The maximum absolute atomic E-state index is 12.8. The summed E-state index contributed by atoms with van der Waals surface area (Å²) in [7, 11) is 0. The third-order valence-electron chi connectivity index (χ3n) is 4.29. The number of hydrogen-bond donors (Lipinski definition) is 0. The van der Waals surface area contributed by atoms with Crippen LogP contribution in [-0.4, -0.2) is 51.7 Å². The van der Waals surface area contributed by atoms with Gasteiger partial charge in [0.05, 0.1) is 15.4 Å². The molecule has 9 nitrogen and oxygen atoms in total. The van der Waals surface area contributed by atoms with E-state index in [1.165, 1.54) is 9.80 Å². The molecule has 0 unspecified atom stereocenters. The van der Waals surface area contributed by atoms with Gasteiger partial charge in [0, 0.05) is 38.3 Å². The molecule has 196 valence electrons. The number of alkyl halides is 5. The molecule has 0 aromatic heterocycles. The normalized spacial score (nSPS) is 10.7. The second-order valence-corrected chi connectivity index (χ2v) is 8.08. The van der Waals surface area contributed by atoms with Gasteiger partial charge in [-0.25, -0.2) is 0 Å². The van der Waals surface area contributed by atoms with Gasteiger partial charge in [0.15, 0.2) is 10.5 Å². The van der Waals surface area contributed by atoms with Gasteiger partial charge in [0.25, 0.3) is 17.3 Å². The quantitative estimate of drug-likeness (QED) is 0.136. The fourth-order valence-corrected chi connectivity index (χ4v) is 3.23. The van der Waals surface area contributed by atoms with Gasteiger partial charge in [-0.3, -0.25) is 25.0 Å². The Labute approximate surface area is 211 Å². The number of carbonyl (C=O) groups excluding carboxylic acids is 1. The minimum absolute atomic E-state index is 0.265. The number of anilines is 1. The van der Waals surface area contributed by atoms with Gasteiger partial charge in [-0.1, -0.05) is 49.2 Å². The lowest BCUT2D eigenvalue weighted by atomic mass is 10.1. The van der Waals surface area contributed by atoms with E-state index in [9.17, 15) is 38.2 Å². The molecule has 0 radical (unpaired) electrons. The Morgan fingerprint density at radius 3 is 1.69 bits per heavy atom. The molecule has 1 amide bonds. The second-order valence-electron chi connectivity index (χ2n) is 6.98. The molecule has 0 bridgehead atoms. The molecule has 0 N–H and O–H groups in total. The fraction of sp³-hybridized carbons (Fsp3) is 0.476. The Bertz CT molecular complexity index is 862. The number of nitro groups is 2. The Balaban J connectivity index is 0.000000814. The van der Waals surface area contributed by atoms with Crippen molar-refractivity contribution in [2.24, 2.45) is 0 Å². The fourth-order valence-electron chi connectivity index (χ4n) is 2.95. The van der Waals surface area contributed by atoms with E-state index in [4.69, 9.17) is 23.2 Å². The summed E-state index contributed by atoms with van der Waals surface area (Å²) in [6.45, 7) is 11.9. The lowest BCUT2D eigenvalue weighted by Crippen LogP contribution is -2.35. The Hall–Kier alpha value is -2.86. The Morgan fingerprint density at radius 1 is 1.03 bits per heavy atom. The molecule has 0 aliphatic rings. The molecular formula is C21H27Cl2F3N4O5. The predicted molar refractivity (Wildman–Crippen MR) is 130 cm³/mol. The standard InChI is InChI=1S/C13H16F3N3O4.C8H11Cl2NO/c1-3-5-17(6-4-2)12-10(18(20)21)7-9(13(14,15)16)8-11(12)19(22)23;1-3-5-11(6-4-2)8(12)7(9)10/h7-8H,3-6H2,1-2H3;3-4,7H,1-2,5-6H2. The molecule has 0 aliphatic heterocycles. The number of rotatable bonds is 12. The van der Waals surface area contributed by atoms with Crippen molar-refractivity contribution in [3.05, 3.63) is 63.2 Å². The smallest absolute Gasteiger partial charge is 0.360 e. The van der Waals surface area contributed by atoms with Crippen molar-refractivity contribution >= 4 is 46.2 Å². The van der Waals surface area contributed by atoms with Gasteiger partial charge in [-0.15, -0.1) is 13.2 Å². The summed E-state index contributed by atoms with van der Waals surface area (Å²) in [6, 6.07) is 0.696. The van der Waals surface area contributed by atoms with Crippen molar-refractivity contribution in [3.8, 4) is 0 Å². The largest absolute Gasteiger partial charge is 0.416 e. The number of nitro benzene ring substituents is 2. The van der Waals surface area contributed by atoms with Gasteiger partial charge >= 0.3 is 6.18 Å². The van der Waals surface area contributed by atoms with E-state index in [1.807, 2.05) is 0 Å². The van der Waals surface area contributed by atoms with Crippen LogP contribution in [0.5, 0.6) is 0 Å². The topological polar surface area (TPSA) is 110 Å². The second kappa shape index (κ2) is 15.2. The molecule has 0 fully saturated rings. The van der Waals surface area contributed by atoms with Crippen LogP contribution in [0.1, 0.15) is 32.3 Å². The zero-order valence-electron chi connectivity index (χ0n) is 19.3. The number of amides is 1. The summed E-state index contributed by atoms with van der Waals surface area (Å²) < 4.78 is 38.5. The first-order valence-electron chi connectivity index (χ1n) is 10.3. The first-order valence-corrected chi connectivity index (χ1v) is 11.2. The molecule has 14 heteroatoms. The SMILES string of the molecule is C=CCN(CC=C)C(=O)C(Cl)Cl.CCCN(CCC)c1c([N+](=O)[O-])cc(C(F)(F)F)cc1[N+](=O)[O-]. The molecule has 0 atom stereocenters. The molecule has 1 rings (SSSR count). The highest BCUT2D eigenvalue weighted by Crippen LogP contribution is 2.43. The molecule has 0 spiro atoms. The van der Waals surface area contributed by atoms with Crippen LogP contribution >= 0.6 is 23.2 Å². The average molecular weight is 543 g/mol. The highest BCUT2D eigenvalue weighted by Gasteiger charge is 2.39. The van der Waals surface area contributed by atoms with Gasteiger partial charge in [-0.2, -0.15) is 13.2 Å². The third kappa shape index (κ3) is 10.1. The Kier molecular flexibility index (Phi) is 14.0. The minimum Gasteiger partial charge on any atom is -0.360 e. The lowest BCUT2D eigenvalue weighted by molar-refractivity contribution is -0.393. The highest BCUT2D eigenvalue weighted by molar-refractivity contribution is 6.53. The molecular weight excluding hydrogens is 516 g/mol. The summed E-state index contributed by atoms with van der Waals surface area (Å²) >= 11 is 10.8. The molecule has 0 saturated heterocycles. The van der Waals surface area contributed by atoms with Crippen molar-refractivity contribution in [3.63, 3.8) is 0 Å². The van der Waals surface area contributed by atoms with Crippen molar-refractivity contribution in [1.82, 2.24) is 4.90 Å². The Morgan fingerprint density at radius 2 is 1.43 bits per heavy atom. The van der Waals surface area contributed by atoms with Crippen molar-refractivity contribution in [1.29, 1.82) is 0 Å². The number of hydrogen-bond acceptors (Lipinski definition) is 6. The van der Waals surface area contributed by atoms with E-state index in [0.29, 0.717) is 38.1 Å². The lowest BCUT2D eigenvalue weighted by Gasteiger charge is -2.23. The number of benzene rings is 1. The maximum Gasteiger partial charge on any atom is 0.416 e.